The molecule has 2 aliphatic heterocycles. The number of carbonyl (C=O) groups excluding carboxylic acids is 2. The largest absolute Gasteiger partial charge is 0.379 e. The van der Waals surface area contributed by atoms with Gasteiger partial charge in [-0.05, 0) is 50.1 Å². The minimum Gasteiger partial charge on any atom is -0.379 e. The number of morpholine rings is 1. The van der Waals surface area contributed by atoms with Crippen molar-refractivity contribution in [2.75, 3.05) is 45.9 Å². The lowest BCUT2D eigenvalue weighted by Crippen LogP contribution is -2.50. The molecule has 2 N–H and O–H groups in total. The summed E-state index contributed by atoms with van der Waals surface area (Å²) in [6.45, 7) is 10.0. The van der Waals surface area contributed by atoms with E-state index in [1.54, 1.807) is 12.1 Å². The molecule has 1 aromatic carbocycles. The van der Waals surface area contributed by atoms with E-state index in [2.05, 4.69) is 22.1 Å². The zero-order valence-electron chi connectivity index (χ0n) is 18.5. The van der Waals surface area contributed by atoms with Gasteiger partial charge in [-0.2, -0.15) is 4.31 Å². The summed E-state index contributed by atoms with van der Waals surface area (Å²) >= 11 is 0. The van der Waals surface area contributed by atoms with Crippen molar-refractivity contribution in [3.05, 3.63) is 42.5 Å². The molecule has 2 atom stereocenters. The molecule has 0 spiro atoms. The predicted octanol–water partition coefficient (Wildman–Crippen LogP) is 0.592. The minimum atomic E-state index is -3.69. The molecule has 2 heterocycles. The number of nitrogens with zero attached hydrogens (tertiary/aromatic N) is 2. The number of carbonyl (C=O) groups is 2. The van der Waals surface area contributed by atoms with Crippen LogP contribution in [0.1, 0.15) is 30.1 Å². The maximum absolute atomic E-state index is 13.1. The second-order valence-corrected chi connectivity index (χ2v) is 10.0. The molecule has 9 nitrogen and oxygen atoms in total. The van der Waals surface area contributed by atoms with Crippen molar-refractivity contribution in [3.63, 3.8) is 0 Å². The smallest absolute Gasteiger partial charge is 0.251 e. The van der Waals surface area contributed by atoms with E-state index >= 15 is 0 Å². The fourth-order valence-corrected chi connectivity index (χ4v) is 5.72. The number of nitrogens with one attached hydrogen (secondary N) is 2. The van der Waals surface area contributed by atoms with E-state index in [1.165, 1.54) is 22.5 Å². The first-order valence-electron chi connectivity index (χ1n) is 10.9. The molecule has 0 radical (unpaired) electrons. The van der Waals surface area contributed by atoms with Crippen LogP contribution in [-0.4, -0.2) is 87.5 Å². The molecule has 2 unspecified atom stereocenters. The van der Waals surface area contributed by atoms with Crippen molar-refractivity contribution in [2.24, 2.45) is 0 Å². The van der Waals surface area contributed by atoms with Crippen LogP contribution in [-0.2, 0) is 19.6 Å². The van der Waals surface area contributed by atoms with Gasteiger partial charge in [0.15, 0.2) is 0 Å². The Kier molecular flexibility index (Phi) is 8.41. The highest BCUT2D eigenvalue weighted by Crippen LogP contribution is 2.25. The molecule has 1 aromatic rings. The van der Waals surface area contributed by atoms with Crippen LogP contribution in [0.5, 0.6) is 0 Å². The number of hydrogen-bond donors (Lipinski definition) is 2. The normalized spacial score (nSPS) is 22.8. The van der Waals surface area contributed by atoms with Gasteiger partial charge in [-0.25, -0.2) is 8.42 Å². The molecule has 2 aliphatic rings. The van der Waals surface area contributed by atoms with E-state index in [0.717, 1.165) is 19.6 Å². The van der Waals surface area contributed by atoms with Crippen LogP contribution in [0.4, 0.5) is 0 Å². The second-order valence-electron chi connectivity index (χ2n) is 8.13. The molecule has 176 valence electrons. The third-order valence-corrected chi connectivity index (χ3v) is 7.92. The fraction of sp³-hybridized carbons (Fsp3) is 0.545. The fourth-order valence-electron chi connectivity index (χ4n) is 4.07. The van der Waals surface area contributed by atoms with E-state index in [1.807, 2.05) is 6.92 Å². The van der Waals surface area contributed by atoms with Crippen LogP contribution in [0.2, 0.25) is 0 Å². The van der Waals surface area contributed by atoms with Gasteiger partial charge < -0.3 is 15.4 Å². The Morgan fingerprint density at radius 1 is 1.19 bits per heavy atom. The van der Waals surface area contributed by atoms with Crippen LogP contribution in [0.3, 0.4) is 0 Å². The van der Waals surface area contributed by atoms with E-state index in [9.17, 15) is 18.0 Å². The summed E-state index contributed by atoms with van der Waals surface area (Å²) in [5, 5.41) is 5.71. The minimum absolute atomic E-state index is 0.0783. The number of rotatable bonds is 8. The summed E-state index contributed by atoms with van der Waals surface area (Å²) in [7, 11) is -3.69. The van der Waals surface area contributed by atoms with Crippen LogP contribution >= 0.6 is 0 Å². The van der Waals surface area contributed by atoms with Crippen LogP contribution < -0.4 is 10.6 Å². The van der Waals surface area contributed by atoms with Crippen molar-refractivity contribution in [3.8, 4) is 0 Å². The third-order valence-electron chi connectivity index (χ3n) is 5.89. The predicted molar refractivity (Wildman–Crippen MR) is 121 cm³/mol. The zero-order chi connectivity index (χ0) is 23.1. The van der Waals surface area contributed by atoms with Gasteiger partial charge in [0, 0.05) is 50.4 Å². The van der Waals surface area contributed by atoms with Gasteiger partial charge in [0.05, 0.1) is 18.1 Å². The van der Waals surface area contributed by atoms with Crippen LogP contribution in [0, 0.1) is 0 Å². The summed E-state index contributed by atoms with van der Waals surface area (Å²) in [5.74, 6) is -0.480. The van der Waals surface area contributed by atoms with E-state index in [4.69, 9.17) is 4.74 Å². The van der Waals surface area contributed by atoms with Crippen molar-refractivity contribution in [1.29, 1.82) is 0 Å². The molecule has 0 aromatic heterocycles. The van der Waals surface area contributed by atoms with Gasteiger partial charge in [0.2, 0.25) is 15.9 Å². The van der Waals surface area contributed by atoms with Crippen molar-refractivity contribution in [2.45, 2.75) is 36.7 Å². The topological polar surface area (TPSA) is 108 Å². The molecule has 0 aliphatic carbocycles. The maximum Gasteiger partial charge on any atom is 0.251 e. The molecular weight excluding hydrogens is 432 g/mol. The number of hydrogen-bond acceptors (Lipinski definition) is 6. The summed E-state index contributed by atoms with van der Waals surface area (Å²) < 4.78 is 33.0. The summed E-state index contributed by atoms with van der Waals surface area (Å²) in [6.07, 6.45) is 2.28. The molecule has 0 bridgehead atoms. The van der Waals surface area contributed by atoms with E-state index in [0.29, 0.717) is 44.7 Å². The van der Waals surface area contributed by atoms with E-state index < -0.39 is 10.0 Å². The maximum atomic E-state index is 13.1. The van der Waals surface area contributed by atoms with Gasteiger partial charge in [0.25, 0.3) is 5.91 Å². The molecule has 2 saturated heterocycles. The summed E-state index contributed by atoms with van der Waals surface area (Å²) in [5.41, 5.74) is 0.421. The lowest BCUT2D eigenvalue weighted by Gasteiger charge is -2.36. The lowest BCUT2D eigenvalue weighted by molar-refractivity contribution is -0.117. The van der Waals surface area contributed by atoms with Gasteiger partial charge >= 0.3 is 0 Å². The Bertz CT molecular complexity index is 913. The first-order chi connectivity index (χ1) is 15.3. The summed E-state index contributed by atoms with van der Waals surface area (Å²) in [4.78, 5) is 26.3. The molecule has 10 heteroatoms. The van der Waals surface area contributed by atoms with E-state index in [-0.39, 0.29) is 28.8 Å². The van der Waals surface area contributed by atoms with Gasteiger partial charge in [-0.15, -0.1) is 0 Å². The summed E-state index contributed by atoms with van der Waals surface area (Å²) in [6, 6.07) is 5.70. The van der Waals surface area contributed by atoms with Gasteiger partial charge in [0.1, 0.15) is 0 Å². The highest BCUT2D eigenvalue weighted by Gasteiger charge is 2.34. The number of benzene rings is 1. The Hall–Kier alpha value is -2.27. The quantitative estimate of drug-likeness (QED) is 0.546. The van der Waals surface area contributed by atoms with Crippen molar-refractivity contribution in [1.82, 2.24) is 19.8 Å². The molecule has 0 saturated carbocycles. The number of sulfonamides is 1. The van der Waals surface area contributed by atoms with Gasteiger partial charge in [-0.1, -0.05) is 6.58 Å². The SMILES string of the molecule is C=CC(=O)NC1CCN(S(=O)(=O)c2ccc(C(=O)NCCN3CCOCC3)cc2)C(C)C1. The number of piperidine rings is 1. The standard InChI is InChI=1S/C22H32N4O5S/c1-3-21(27)24-19-8-10-26(17(2)16-19)32(29,30)20-6-4-18(5-7-20)22(28)23-9-11-25-12-14-31-15-13-25/h3-7,17,19H,1,8-16H2,2H3,(H,23,28)(H,24,27). The zero-order valence-corrected chi connectivity index (χ0v) is 19.3. The van der Waals surface area contributed by atoms with Crippen LogP contribution in [0.25, 0.3) is 0 Å². The first kappa shape index (κ1) is 24.4. The molecule has 2 fully saturated rings. The second kappa shape index (κ2) is 11.0. The number of ether oxygens (including phenoxy) is 1. The monoisotopic (exact) mass is 464 g/mol. The van der Waals surface area contributed by atoms with Crippen molar-refractivity contribution >= 4 is 21.8 Å². The first-order valence-corrected chi connectivity index (χ1v) is 12.4. The Labute approximate surface area is 189 Å². The van der Waals surface area contributed by atoms with Crippen molar-refractivity contribution < 1.29 is 22.7 Å². The molecule has 32 heavy (non-hydrogen) atoms. The van der Waals surface area contributed by atoms with Gasteiger partial charge in [-0.3, -0.25) is 14.5 Å². The average molecular weight is 465 g/mol. The third kappa shape index (κ3) is 6.16. The average Bonchev–Trinajstić information content (AvgIpc) is 2.79. The molecule has 2 amide bonds. The molecular formula is C22H32N4O5S. The highest BCUT2D eigenvalue weighted by molar-refractivity contribution is 7.89. The Morgan fingerprint density at radius 2 is 1.88 bits per heavy atom. The Balaban J connectivity index is 1.55. The highest BCUT2D eigenvalue weighted by atomic mass is 32.2. The van der Waals surface area contributed by atoms with Crippen LogP contribution in [0.15, 0.2) is 41.8 Å². The Morgan fingerprint density at radius 3 is 2.50 bits per heavy atom. The number of amides is 2. The molecule has 3 rings (SSSR count). The lowest BCUT2D eigenvalue weighted by atomic mass is 10.0.